The Kier molecular flexibility index (Phi) is 10.2. The summed E-state index contributed by atoms with van der Waals surface area (Å²) in [6.07, 6.45) is -4.37. The molecule has 4 aromatic rings. The zero-order valence-corrected chi connectivity index (χ0v) is 21.5. The molecule has 15 heteroatoms. The van der Waals surface area contributed by atoms with Crippen molar-refractivity contribution < 1.29 is 50.5 Å². The van der Waals surface area contributed by atoms with Gasteiger partial charge in [-0.15, -0.1) is 0 Å². The van der Waals surface area contributed by atoms with Gasteiger partial charge < -0.3 is 15.2 Å². The summed E-state index contributed by atoms with van der Waals surface area (Å²) in [4.78, 5) is 32.7. The minimum absolute atomic E-state index is 0.180. The molecule has 3 heterocycles. The fraction of sp³-hybridized carbons (Fsp3) is 0.259. The number of alkyl halides is 6. The highest BCUT2D eigenvalue weighted by atomic mass is 19.4. The molecule has 5 rings (SSSR count). The normalized spacial score (nSPS) is 15.4. The highest BCUT2D eigenvalue weighted by molar-refractivity contribution is 5.82. The molecule has 1 saturated heterocycles. The van der Waals surface area contributed by atoms with Gasteiger partial charge in [0.05, 0.1) is 17.1 Å². The summed E-state index contributed by atoms with van der Waals surface area (Å²) < 4.78 is 77.0. The first-order valence-corrected chi connectivity index (χ1v) is 12.1. The number of rotatable bonds is 4. The van der Waals surface area contributed by atoms with Crippen molar-refractivity contribution in [3.05, 3.63) is 84.2 Å². The summed E-state index contributed by atoms with van der Waals surface area (Å²) in [5.41, 5.74) is 5.31. The third kappa shape index (κ3) is 8.99. The molecule has 1 fully saturated rings. The van der Waals surface area contributed by atoms with Gasteiger partial charge in [0.1, 0.15) is 11.6 Å². The van der Waals surface area contributed by atoms with Crippen molar-refractivity contribution >= 4 is 23.0 Å². The van der Waals surface area contributed by atoms with E-state index in [2.05, 4.69) is 33.1 Å². The van der Waals surface area contributed by atoms with E-state index in [1.807, 2.05) is 18.2 Å². The maximum atomic E-state index is 13.5. The van der Waals surface area contributed by atoms with Crippen LogP contribution >= 0.6 is 0 Å². The summed E-state index contributed by atoms with van der Waals surface area (Å²) in [6, 6.07) is 17.4. The van der Waals surface area contributed by atoms with Crippen molar-refractivity contribution in [3.63, 3.8) is 0 Å². The van der Waals surface area contributed by atoms with Crippen LogP contribution in [0.3, 0.4) is 0 Å². The Morgan fingerprint density at radius 2 is 1.52 bits per heavy atom. The number of aromatic nitrogens is 3. The molecule has 1 atom stereocenters. The number of nitrogens with zero attached hydrogens (tertiary/aromatic N) is 3. The molecule has 224 valence electrons. The molecule has 1 aliphatic rings. The predicted molar refractivity (Wildman–Crippen MR) is 135 cm³/mol. The summed E-state index contributed by atoms with van der Waals surface area (Å²) in [5, 5.41) is 14.2. The minimum atomic E-state index is -5.08. The number of aliphatic carboxylic acids is 2. The molecule has 42 heavy (non-hydrogen) atoms. The third-order valence-electron chi connectivity index (χ3n) is 5.95. The number of likely N-dealkylation sites (tertiary alicyclic amines) is 1. The van der Waals surface area contributed by atoms with Crippen LogP contribution in [0.25, 0.3) is 22.2 Å². The summed E-state index contributed by atoms with van der Waals surface area (Å²) in [5.74, 6) is -4.70. The standard InChI is InChI=1S/C23H21FN4.2C2HF3O2/c24-19-4-1-3-16(13-19)15-28-12-2-5-22(28)23-26-20-7-6-18(14-21(20)27-23)17-8-10-25-11-9-17;2*3-2(4,5)1(6)7/h1,3-4,6-11,13-14,22H,2,5,12,15H2,(H,26,27);2*(H,6,7)/t22-;;/m0../s1. The van der Waals surface area contributed by atoms with Crippen LogP contribution in [-0.2, 0) is 16.1 Å². The molecule has 0 amide bonds. The van der Waals surface area contributed by atoms with E-state index in [1.165, 1.54) is 6.07 Å². The molecule has 0 aliphatic carbocycles. The summed E-state index contributed by atoms with van der Waals surface area (Å²) in [7, 11) is 0. The number of hydrogen-bond donors (Lipinski definition) is 3. The Balaban J connectivity index is 0.000000289. The van der Waals surface area contributed by atoms with Crippen molar-refractivity contribution in [1.29, 1.82) is 0 Å². The molecule has 2 aromatic heterocycles. The van der Waals surface area contributed by atoms with E-state index in [4.69, 9.17) is 24.8 Å². The monoisotopic (exact) mass is 600 g/mol. The van der Waals surface area contributed by atoms with Crippen molar-refractivity contribution in [2.45, 2.75) is 37.8 Å². The van der Waals surface area contributed by atoms with Gasteiger partial charge in [-0.1, -0.05) is 18.2 Å². The van der Waals surface area contributed by atoms with Crippen LogP contribution in [0, 0.1) is 5.82 Å². The lowest BCUT2D eigenvalue weighted by atomic mass is 10.1. The number of carboxylic acid groups (broad SMARTS) is 2. The van der Waals surface area contributed by atoms with Gasteiger partial charge in [0.15, 0.2) is 0 Å². The first-order chi connectivity index (χ1) is 19.6. The molecule has 8 nitrogen and oxygen atoms in total. The topological polar surface area (TPSA) is 119 Å². The highest BCUT2D eigenvalue weighted by Gasteiger charge is 2.39. The molecule has 1 aliphatic heterocycles. The summed E-state index contributed by atoms with van der Waals surface area (Å²) >= 11 is 0. The number of pyridine rings is 1. The number of hydrogen-bond acceptors (Lipinski definition) is 5. The zero-order chi connectivity index (χ0) is 31.1. The lowest BCUT2D eigenvalue weighted by Gasteiger charge is -2.22. The zero-order valence-electron chi connectivity index (χ0n) is 21.5. The van der Waals surface area contributed by atoms with E-state index in [9.17, 15) is 30.7 Å². The fourth-order valence-electron chi connectivity index (χ4n) is 4.11. The van der Waals surface area contributed by atoms with E-state index in [-0.39, 0.29) is 11.9 Å². The number of H-pyrrole nitrogens is 1. The first-order valence-electron chi connectivity index (χ1n) is 12.1. The molecule has 0 bridgehead atoms. The van der Waals surface area contributed by atoms with Crippen LogP contribution in [0.4, 0.5) is 30.7 Å². The Labute approximate surface area is 233 Å². The molecule has 3 N–H and O–H groups in total. The second-order valence-corrected chi connectivity index (χ2v) is 8.95. The third-order valence-corrected chi connectivity index (χ3v) is 5.95. The Bertz CT molecular complexity index is 1480. The lowest BCUT2D eigenvalue weighted by Crippen LogP contribution is -2.23. The molecule has 0 radical (unpaired) electrons. The molecule has 0 saturated carbocycles. The Morgan fingerprint density at radius 3 is 2.10 bits per heavy atom. The molecular weight excluding hydrogens is 577 g/mol. The van der Waals surface area contributed by atoms with E-state index in [1.54, 1.807) is 24.5 Å². The van der Waals surface area contributed by atoms with Gasteiger partial charge in [0, 0.05) is 18.9 Å². The average molecular weight is 600 g/mol. The maximum Gasteiger partial charge on any atom is 0.490 e. The molecule has 0 unspecified atom stereocenters. The number of imidazole rings is 1. The van der Waals surface area contributed by atoms with Crippen LogP contribution < -0.4 is 0 Å². The van der Waals surface area contributed by atoms with Crippen molar-refractivity contribution in [2.75, 3.05) is 6.54 Å². The fourth-order valence-corrected chi connectivity index (χ4v) is 4.11. The largest absolute Gasteiger partial charge is 0.490 e. The van der Waals surface area contributed by atoms with Crippen molar-refractivity contribution in [2.24, 2.45) is 0 Å². The molecule has 2 aromatic carbocycles. The summed E-state index contributed by atoms with van der Waals surface area (Å²) in [6.45, 7) is 1.74. The molecule has 0 spiro atoms. The van der Waals surface area contributed by atoms with Crippen molar-refractivity contribution in [3.8, 4) is 11.1 Å². The second kappa shape index (κ2) is 13.4. The van der Waals surface area contributed by atoms with Crippen LogP contribution in [-0.4, -0.2) is 60.9 Å². The van der Waals surface area contributed by atoms with Gasteiger partial charge in [-0.25, -0.2) is 19.0 Å². The minimum Gasteiger partial charge on any atom is -0.475 e. The number of halogens is 7. The molecular formula is C27H23F7N4O4. The number of carboxylic acids is 2. The van der Waals surface area contributed by atoms with E-state index >= 15 is 0 Å². The van der Waals surface area contributed by atoms with E-state index in [0.717, 1.165) is 59.5 Å². The number of aromatic amines is 1. The van der Waals surface area contributed by atoms with Crippen LogP contribution in [0.5, 0.6) is 0 Å². The quantitative estimate of drug-likeness (QED) is 0.233. The number of nitrogens with one attached hydrogen (secondary N) is 1. The van der Waals surface area contributed by atoms with Crippen LogP contribution in [0.2, 0.25) is 0 Å². The number of carbonyl (C=O) groups is 2. The SMILES string of the molecule is Fc1cccc(CN2CCC[C@H]2c2nc3ccc(-c4ccncc4)cc3[nH]2)c1.O=C(O)C(F)(F)F.O=C(O)C(F)(F)F. The van der Waals surface area contributed by atoms with Crippen LogP contribution in [0.15, 0.2) is 67.0 Å². The maximum absolute atomic E-state index is 13.5. The van der Waals surface area contributed by atoms with E-state index in [0.29, 0.717) is 0 Å². The smallest absolute Gasteiger partial charge is 0.475 e. The average Bonchev–Trinajstić information content (AvgIpc) is 3.55. The second-order valence-electron chi connectivity index (χ2n) is 8.95. The number of benzene rings is 2. The van der Waals surface area contributed by atoms with Gasteiger partial charge in [-0.3, -0.25) is 9.88 Å². The van der Waals surface area contributed by atoms with Gasteiger partial charge in [-0.2, -0.15) is 26.3 Å². The van der Waals surface area contributed by atoms with Crippen molar-refractivity contribution in [1.82, 2.24) is 19.9 Å². The highest BCUT2D eigenvalue weighted by Crippen LogP contribution is 2.33. The van der Waals surface area contributed by atoms with Crippen LogP contribution in [0.1, 0.15) is 30.3 Å². The Hall–Kier alpha value is -4.53. The van der Waals surface area contributed by atoms with Gasteiger partial charge in [-0.05, 0) is 72.5 Å². The van der Waals surface area contributed by atoms with Gasteiger partial charge in [0.25, 0.3) is 0 Å². The first kappa shape index (κ1) is 32.0. The van der Waals surface area contributed by atoms with Gasteiger partial charge >= 0.3 is 24.3 Å². The lowest BCUT2D eigenvalue weighted by molar-refractivity contribution is -0.193. The number of fused-ring (bicyclic) bond motifs is 1. The van der Waals surface area contributed by atoms with E-state index < -0.39 is 24.3 Å². The predicted octanol–water partition coefficient (Wildman–Crippen LogP) is 6.37. The Morgan fingerprint density at radius 1 is 0.905 bits per heavy atom. The van der Waals surface area contributed by atoms with Gasteiger partial charge in [0.2, 0.25) is 0 Å².